The molecule has 0 bridgehead atoms. The lowest BCUT2D eigenvalue weighted by molar-refractivity contribution is 0.0611. The van der Waals surface area contributed by atoms with E-state index in [1.54, 1.807) is 0 Å². The van der Waals surface area contributed by atoms with Crippen molar-refractivity contribution in [1.82, 2.24) is 9.88 Å². The van der Waals surface area contributed by atoms with Gasteiger partial charge in [-0.3, -0.25) is 4.79 Å². The van der Waals surface area contributed by atoms with Crippen molar-refractivity contribution in [3.05, 3.63) is 59.8 Å². The maximum Gasteiger partial charge on any atom is 0.254 e. The molecule has 2 fully saturated rings. The number of hydrogen-bond acceptors (Lipinski definition) is 4. The van der Waals surface area contributed by atoms with E-state index < -0.39 is 0 Å². The van der Waals surface area contributed by atoms with Crippen molar-refractivity contribution in [2.75, 3.05) is 37.7 Å². The standard InChI is InChI=1S/C21H25N3O2/c25-21(17-6-2-1-3-7-17)24-11-5-4-8-19(24)18-9-10-20(22-16-18)23-12-14-26-15-13-23/h1-3,6-7,9-10,16,19H,4-5,8,11-15H2/t19-/m1/s1. The Bertz CT molecular complexity index is 727. The summed E-state index contributed by atoms with van der Waals surface area (Å²) in [4.78, 5) is 21.9. The van der Waals surface area contributed by atoms with Crippen LogP contribution in [0.1, 0.15) is 41.2 Å². The van der Waals surface area contributed by atoms with Crippen molar-refractivity contribution in [2.24, 2.45) is 0 Å². The van der Waals surface area contributed by atoms with E-state index in [4.69, 9.17) is 4.74 Å². The summed E-state index contributed by atoms with van der Waals surface area (Å²) in [5.74, 6) is 1.11. The fraction of sp³-hybridized carbons (Fsp3) is 0.429. The second kappa shape index (κ2) is 7.87. The van der Waals surface area contributed by atoms with Crippen molar-refractivity contribution in [3.63, 3.8) is 0 Å². The molecule has 0 saturated carbocycles. The molecule has 2 aromatic rings. The molecule has 2 saturated heterocycles. The lowest BCUT2D eigenvalue weighted by Crippen LogP contribution is -2.39. The molecule has 0 N–H and O–H groups in total. The highest BCUT2D eigenvalue weighted by atomic mass is 16.5. The number of benzene rings is 1. The molecule has 2 aliphatic heterocycles. The fourth-order valence-electron chi connectivity index (χ4n) is 3.84. The summed E-state index contributed by atoms with van der Waals surface area (Å²) in [6.07, 6.45) is 5.16. The zero-order chi connectivity index (χ0) is 17.8. The molecule has 0 unspecified atom stereocenters. The van der Waals surface area contributed by atoms with E-state index >= 15 is 0 Å². The Balaban J connectivity index is 1.53. The Kier molecular flexibility index (Phi) is 5.16. The second-order valence-corrected chi connectivity index (χ2v) is 6.93. The number of morpholine rings is 1. The highest BCUT2D eigenvalue weighted by Crippen LogP contribution is 2.32. The number of hydrogen-bond donors (Lipinski definition) is 0. The smallest absolute Gasteiger partial charge is 0.254 e. The van der Waals surface area contributed by atoms with E-state index in [1.807, 2.05) is 41.4 Å². The molecule has 1 atom stereocenters. The fourth-order valence-corrected chi connectivity index (χ4v) is 3.84. The van der Waals surface area contributed by atoms with Gasteiger partial charge in [0.2, 0.25) is 0 Å². The highest BCUT2D eigenvalue weighted by Gasteiger charge is 2.29. The largest absolute Gasteiger partial charge is 0.378 e. The van der Waals surface area contributed by atoms with Crippen molar-refractivity contribution in [2.45, 2.75) is 25.3 Å². The van der Waals surface area contributed by atoms with Gasteiger partial charge in [0.05, 0.1) is 19.3 Å². The first-order valence-corrected chi connectivity index (χ1v) is 9.47. The number of nitrogens with zero attached hydrogens (tertiary/aromatic N) is 3. The summed E-state index contributed by atoms with van der Waals surface area (Å²) in [5, 5.41) is 0. The number of piperidine rings is 1. The summed E-state index contributed by atoms with van der Waals surface area (Å²) in [7, 11) is 0. The number of pyridine rings is 1. The van der Waals surface area contributed by atoms with Gasteiger partial charge in [-0.1, -0.05) is 24.3 Å². The lowest BCUT2D eigenvalue weighted by atomic mass is 9.95. The predicted octanol–water partition coefficient (Wildman–Crippen LogP) is 3.29. The molecule has 2 aliphatic rings. The molecule has 1 aromatic heterocycles. The molecule has 1 amide bonds. The minimum absolute atomic E-state index is 0.114. The lowest BCUT2D eigenvalue weighted by Gasteiger charge is -2.36. The molecular weight excluding hydrogens is 326 g/mol. The monoisotopic (exact) mass is 351 g/mol. The van der Waals surface area contributed by atoms with E-state index in [0.717, 1.165) is 69.1 Å². The zero-order valence-electron chi connectivity index (χ0n) is 15.0. The van der Waals surface area contributed by atoms with Crippen LogP contribution in [0, 0.1) is 0 Å². The van der Waals surface area contributed by atoms with Crippen LogP contribution in [-0.4, -0.2) is 48.6 Å². The Morgan fingerprint density at radius 2 is 1.81 bits per heavy atom. The molecule has 0 radical (unpaired) electrons. The number of aromatic nitrogens is 1. The zero-order valence-corrected chi connectivity index (χ0v) is 15.0. The van der Waals surface area contributed by atoms with Gasteiger partial charge in [-0.15, -0.1) is 0 Å². The molecule has 1 aromatic carbocycles. The van der Waals surface area contributed by atoms with Crippen LogP contribution in [0.3, 0.4) is 0 Å². The Morgan fingerprint density at radius 1 is 1.00 bits per heavy atom. The minimum Gasteiger partial charge on any atom is -0.378 e. The maximum atomic E-state index is 13.0. The molecule has 0 spiro atoms. The third-order valence-corrected chi connectivity index (χ3v) is 5.28. The van der Waals surface area contributed by atoms with Crippen LogP contribution in [0.5, 0.6) is 0 Å². The first-order chi connectivity index (χ1) is 12.8. The van der Waals surface area contributed by atoms with Gasteiger partial charge in [0, 0.05) is 31.4 Å². The van der Waals surface area contributed by atoms with Crippen LogP contribution in [0.15, 0.2) is 48.7 Å². The Morgan fingerprint density at radius 3 is 2.54 bits per heavy atom. The van der Waals surface area contributed by atoms with E-state index in [2.05, 4.69) is 22.0 Å². The van der Waals surface area contributed by atoms with Crippen LogP contribution in [0.25, 0.3) is 0 Å². The van der Waals surface area contributed by atoms with Crippen LogP contribution in [0.2, 0.25) is 0 Å². The number of ether oxygens (including phenoxy) is 1. The predicted molar refractivity (Wildman–Crippen MR) is 101 cm³/mol. The van der Waals surface area contributed by atoms with Crippen LogP contribution in [0.4, 0.5) is 5.82 Å². The van der Waals surface area contributed by atoms with Crippen LogP contribution < -0.4 is 4.90 Å². The third kappa shape index (κ3) is 3.58. The Hall–Kier alpha value is -2.40. The van der Waals surface area contributed by atoms with Gasteiger partial charge in [0.25, 0.3) is 5.91 Å². The molecular formula is C21H25N3O2. The minimum atomic E-state index is 0.114. The summed E-state index contributed by atoms with van der Waals surface area (Å²) in [6, 6.07) is 13.9. The number of carbonyl (C=O) groups excluding carboxylic acids is 1. The first kappa shape index (κ1) is 17.0. The van der Waals surface area contributed by atoms with Crippen molar-refractivity contribution >= 4 is 11.7 Å². The van der Waals surface area contributed by atoms with Gasteiger partial charge >= 0.3 is 0 Å². The first-order valence-electron chi connectivity index (χ1n) is 9.47. The number of likely N-dealkylation sites (tertiary alicyclic amines) is 1. The SMILES string of the molecule is O=C(c1ccccc1)N1CCCC[C@@H]1c1ccc(N2CCOCC2)nc1. The molecule has 4 rings (SSSR count). The highest BCUT2D eigenvalue weighted by molar-refractivity contribution is 5.94. The number of anilines is 1. The third-order valence-electron chi connectivity index (χ3n) is 5.28. The van der Waals surface area contributed by atoms with Crippen LogP contribution >= 0.6 is 0 Å². The topological polar surface area (TPSA) is 45.7 Å². The molecule has 26 heavy (non-hydrogen) atoms. The average molecular weight is 351 g/mol. The van der Waals surface area contributed by atoms with Gasteiger partial charge in [-0.2, -0.15) is 0 Å². The normalized spacial score (nSPS) is 20.8. The average Bonchev–Trinajstić information content (AvgIpc) is 2.75. The van der Waals surface area contributed by atoms with Crippen LogP contribution in [-0.2, 0) is 4.74 Å². The number of rotatable bonds is 3. The van der Waals surface area contributed by atoms with Crippen molar-refractivity contribution in [3.8, 4) is 0 Å². The van der Waals surface area contributed by atoms with E-state index in [0.29, 0.717) is 0 Å². The van der Waals surface area contributed by atoms with Gasteiger partial charge < -0.3 is 14.5 Å². The van der Waals surface area contributed by atoms with Gasteiger partial charge in [0.15, 0.2) is 0 Å². The molecule has 3 heterocycles. The molecule has 0 aliphatic carbocycles. The summed E-state index contributed by atoms with van der Waals surface area (Å²) >= 11 is 0. The summed E-state index contributed by atoms with van der Waals surface area (Å²) < 4.78 is 5.41. The number of carbonyl (C=O) groups is 1. The van der Waals surface area contributed by atoms with Gasteiger partial charge in [-0.05, 0) is 43.0 Å². The molecule has 5 nitrogen and oxygen atoms in total. The van der Waals surface area contributed by atoms with Crippen molar-refractivity contribution < 1.29 is 9.53 Å². The number of amides is 1. The quantitative estimate of drug-likeness (QED) is 0.851. The summed E-state index contributed by atoms with van der Waals surface area (Å²) in [6.45, 7) is 4.09. The second-order valence-electron chi connectivity index (χ2n) is 6.93. The van der Waals surface area contributed by atoms with E-state index in [9.17, 15) is 4.79 Å². The van der Waals surface area contributed by atoms with Crippen molar-refractivity contribution in [1.29, 1.82) is 0 Å². The molecule has 136 valence electrons. The van der Waals surface area contributed by atoms with E-state index in [-0.39, 0.29) is 11.9 Å². The van der Waals surface area contributed by atoms with Gasteiger partial charge in [0.1, 0.15) is 5.82 Å². The summed E-state index contributed by atoms with van der Waals surface area (Å²) in [5.41, 5.74) is 1.89. The molecule has 5 heteroatoms. The van der Waals surface area contributed by atoms with E-state index in [1.165, 1.54) is 0 Å². The van der Waals surface area contributed by atoms with Gasteiger partial charge in [-0.25, -0.2) is 4.98 Å². The maximum absolute atomic E-state index is 13.0. The Labute approximate surface area is 154 Å².